The van der Waals surface area contributed by atoms with Gasteiger partial charge in [-0.2, -0.15) is 5.10 Å². The van der Waals surface area contributed by atoms with Gasteiger partial charge in [0.25, 0.3) is 11.8 Å². The van der Waals surface area contributed by atoms with Gasteiger partial charge in [-0.1, -0.05) is 36.4 Å². The van der Waals surface area contributed by atoms with Crippen LogP contribution in [0.3, 0.4) is 0 Å². The molecule has 0 radical (unpaired) electrons. The number of methoxy groups -OCH3 is 1. The fourth-order valence-electron chi connectivity index (χ4n) is 4.58. The molecule has 1 aliphatic heterocycles. The highest BCUT2D eigenvalue weighted by Crippen LogP contribution is 2.31. The summed E-state index contributed by atoms with van der Waals surface area (Å²) >= 11 is 0. The van der Waals surface area contributed by atoms with Gasteiger partial charge in [0.1, 0.15) is 11.4 Å². The smallest absolute Gasteiger partial charge is 0.277 e. The second-order valence-corrected chi connectivity index (χ2v) is 8.94. The molecule has 0 atom stereocenters. The van der Waals surface area contributed by atoms with E-state index in [0.29, 0.717) is 41.2 Å². The van der Waals surface area contributed by atoms with Crippen molar-refractivity contribution in [3.63, 3.8) is 0 Å². The lowest BCUT2D eigenvalue weighted by atomic mass is 9.99. The van der Waals surface area contributed by atoms with Crippen molar-refractivity contribution < 1.29 is 19.1 Å². The van der Waals surface area contributed by atoms with Crippen molar-refractivity contribution in [1.29, 1.82) is 0 Å². The minimum atomic E-state index is -0.247. The fraction of sp³-hybridized carbons (Fsp3) is 0.172. The lowest BCUT2D eigenvalue weighted by Gasteiger charge is -2.28. The molecule has 4 aromatic rings. The monoisotopic (exact) mass is 494 g/mol. The molecule has 0 spiro atoms. The average Bonchev–Trinajstić information content (AvgIpc) is 3.33. The van der Waals surface area contributed by atoms with E-state index in [1.807, 2.05) is 54.6 Å². The van der Waals surface area contributed by atoms with E-state index in [-0.39, 0.29) is 17.5 Å². The molecule has 0 saturated carbocycles. The third-order valence-corrected chi connectivity index (χ3v) is 6.52. The average molecular weight is 495 g/mol. The number of rotatable bonds is 6. The summed E-state index contributed by atoms with van der Waals surface area (Å²) in [6, 6.07) is 22.1. The number of fused-ring (bicyclic) bond motifs is 1. The Bertz CT molecular complexity index is 1490. The Morgan fingerprint density at radius 2 is 1.65 bits per heavy atom. The number of ether oxygens (including phenoxy) is 1. The van der Waals surface area contributed by atoms with Gasteiger partial charge in [-0.25, -0.2) is 4.68 Å². The highest BCUT2D eigenvalue weighted by atomic mass is 16.5. The number of amides is 2. The van der Waals surface area contributed by atoms with Gasteiger partial charge in [0.2, 0.25) is 0 Å². The van der Waals surface area contributed by atoms with Crippen LogP contribution in [0.2, 0.25) is 0 Å². The molecular formula is C29H26N4O4. The summed E-state index contributed by atoms with van der Waals surface area (Å²) in [7, 11) is 4.92. The van der Waals surface area contributed by atoms with Gasteiger partial charge in [-0.05, 0) is 53.9 Å². The van der Waals surface area contributed by atoms with E-state index in [9.17, 15) is 14.4 Å². The van der Waals surface area contributed by atoms with E-state index in [1.165, 1.54) is 4.90 Å². The number of aldehydes is 1. The van der Waals surface area contributed by atoms with E-state index >= 15 is 0 Å². The van der Waals surface area contributed by atoms with Gasteiger partial charge in [-0.3, -0.25) is 14.4 Å². The number of anilines is 1. The molecule has 8 nitrogen and oxygen atoms in total. The highest BCUT2D eigenvalue weighted by molar-refractivity contribution is 6.09. The van der Waals surface area contributed by atoms with Crippen LogP contribution in [-0.4, -0.2) is 60.5 Å². The normalized spacial score (nSPS) is 12.7. The first-order valence-electron chi connectivity index (χ1n) is 11.9. The Morgan fingerprint density at radius 1 is 0.973 bits per heavy atom. The maximum atomic E-state index is 13.9. The number of hydrogen-bond acceptors (Lipinski definition) is 5. The van der Waals surface area contributed by atoms with Crippen LogP contribution in [0.4, 0.5) is 5.69 Å². The lowest BCUT2D eigenvalue weighted by Crippen LogP contribution is -2.39. The molecule has 0 unspecified atom stereocenters. The Labute approximate surface area is 214 Å². The third-order valence-electron chi connectivity index (χ3n) is 6.52. The number of carbonyl (C=O) groups is 3. The first-order chi connectivity index (χ1) is 17.9. The van der Waals surface area contributed by atoms with Crippen molar-refractivity contribution in [2.24, 2.45) is 0 Å². The topological polar surface area (TPSA) is 84.7 Å². The van der Waals surface area contributed by atoms with Crippen LogP contribution >= 0.6 is 0 Å². The molecule has 0 fully saturated rings. The largest absolute Gasteiger partial charge is 0.497 e. The number of carbonyl (C=O) groups excluding carboxylic acids is 3. The molecule has 0 saturated heterocycles. The van der Waals surface area contributed by atoms with Crippen molar-refractivity contribution >= 4 is 23.8 Å². The first kappa shape index (κ1) is 24.0. The summed E-state index contributed by atoms with van der Waals surface area (Å²) in [5.41, 5.74) is 5.01. The van der Waals surface area contributed by atoms with Gasteiger partial charge >= 0.3 is 0 Å². The predicted molar refractivity (Wildman–Crippen MR) is 141 cm³/mol. The van der Waals surface area contributed by atoms with E-state index in [0.717, 1.165) is 23.1 Å². The molecule has 8 heteroatoms. The molecule has 5 rings (SSSR count). The van der Waals surface area contributed by atoms with E-state index < -0.39 is 0 Å². The zero-order valence-corrected chi connectivity index (χ0v) is 20.8. The molecule has 3 aromatic carbocycles. The minimum Gasteiger partial charge on any atom is -0.497 e. The summed E-state index contributed by atoms with van der Waals surface area (Å²) in [4.78, 5) is 41.4. The van der Waals surface area contributed by atoms with Gasteiger partial charge in [0, 0.05) is 37.5 Å². The molecule has 1 aliphatic rings. The Hall–Kier alpha value is -4.72. The summed E-state index contributed by atoms with van der Waals surface area (Å²) in [5, 5.41) is 4.59. The van der Waals surface area contributed by atoms with Crippen molar-refractivity contribution in [3.05, 3.63) is 95.3 Å². The summed E-state index contributed by atoms with van der Waals surface area (Å²) < 4.78 is 6.81. The SMILES string of the molecule is COc1ccc(-n2nc(C(=O)N(C)C)c3c2C(=O)N(c2ccc(-c4ccccc4C=O)cc2)CC3)cc1. The third kappa shape index (κ3) is 4.27. The predicted octanol–water partition coefficient (Wildman–Crippen LogP) is 4.27. The quantitative estimate of drug-likeness (QED) is 0.374. The molecule has 0 aliphatic carbocycles. The van der Waals surface area contributed by atoms with Crippen molar-refractivity contribution in [3.8, 4) is 22.6 Å². The lowest BCUT2D eigenvalue weighted by molar-refractivity contribution is 0.0820. The van der Waals surface area contributed by atoms with Gasteiger partial charge in [-0.15, -0.1) is 0 Å². The van der Waals surface area contributed by atoms with Crippen molar-refractivity contribution in [1.82, 2.24) is 14.7 Å². The fourth-order valence-corrected chi connectivity index (χ4v) is 4.58. The van der Waals surface area contributed by atoms with Gasteiger partial charge in [0.15, 0.2) is 12.0 Å². The van der Waals surface area contributed by atoms with Crippen LogP contribution in [0.1, 0.15) is 36.9 Å². The van der Waals surface area contributed by atoms with Crippen LogP contribution in [0.15, 0.2) is 72.8 Å². The zero-order valence-electron chi connectivity index (χ0n) is 20.8. The Kier molecular flexibility index (Phi) is 6.31. The maximum absolute atomic E-state index is 13.9. The minimum absolute atomic E-state index is 0.233. The molecule has 37 heavy (non-hydrogen) atoms. The van der Waals surface area contributed by atoms with Gasteiger partial charge < -0.3 is 14.5 Å². The summed E-state index contributed by atoms with van der Waals surface area (Å²) in [6.45, 7) is 0.415. The number of nitrogens with zero attached hydrogens (tertiary/aromatic N) is 4. The number of hydrogen-bond donors (Lipinski definition) is 0. The molecular weight excluding hydrogens is 468 g/mol. The summed E-state index contributed by atoms with van der Waals surface area (Å²) in [5.74, 6) is 0.199. The maximum Gasteiger partial charge on any atom is 0.277 e. The number of benzene rings is 3. The van der Waals surface area contributed by atoms with E-state index in [4.69, 9.17) is 4.74 Å². The molecule has 2 amide bonds. The van der Waals surface area contributed by atoms with Crippen molar-refractivity contribution in [2.75, 3.05) is 32.6 Å². The number of aromatic nitrogens is 2. The Balaban J connectivity index is 1.54. The molecule has 0 bridgehead atoms. The summed E-state index contributed by atoms with van der Waals surface area (Å²) in [6.07, 6.45) is 1.33. The highest BCUT2D eigenvalue weighted by Gasteiger charge is 2.35. The van der Waals surface area contributed by atoms with Crippen LogP contribution in [-0.2, 0) is 6.42 Å². The van der Waals surface area contributed by atoms with E-state index in [1.54, 1.807) is 49.0 Å². The van der Waals surface area contributed by atoms with Crippen LogP contribution in [0.5, 0.6) is 5.75 Å². The van der Waals surface area contributed by atoms with Gasteiger partial charge in [0.05, 0.1) is 12.8 Å². The molecule has 1 aromatic heterocycles. The first-order valence-corrected chi connectivity index (χ1v) is 11.9. The molecule has 0 N–H and O–H groups in total. The Morgan fingerprint density at radius 3 is 2.30 bits per heavy atom. The van der Waals surface area contributed by atoms with Crippen LogP contribution < -0.4 is 9.64 Å². The zero-order chi connectivity index (χ0) is 26.1. The van der Waals surface area contributed by atoms with Crippen molar-refractivity contribution in [2.45, 2.75) is 6.42 Å². The second-order valence-electron chi connectivity index (χ2n) is 8.94. The molecule has 186 valence electrons. The second kappa shape index (κ2) is 9.73. The standard InChI is InChI=1S/C29H26N4O4/c1-31(2)28(35)26-25-16-17-32(21-10-8-19(9-11-21)24-7-5-4-6-20(24)18-34)29(36)27(25)33(30-26)22-12-14-23(37-3)15-13-22/h4-15,18H,16-17H2,1-3H3. The van der Waals surface area contributed by atoms with Crippen LogP contribution in [0.25, 0.3) is 16.8 Å². The van der Waals surface area contributed by atoms with E-state index in [2.05, 4.69) is 5.10 Å². The molecule has 2 heterocycles. The van der Waals surface area contributed by atoms with Crippen LogP contribution in [0, 0.1) is 0 Å².